The van der Waals surface area contributed by atoms with Gasteiger partial charge in [-0.15, -0.1) is 0 Å². The van der Waals surface area contributed by atoms with Crippen molar-refractivity contribution < 1.29 is 28.6 Å². The van der Waals surface area contributed by atoms with Gasteiger partial charge in [-0.25, -0.2) is 14.4 Å². The molecule has 0 radical (unpaired) electrons. The number of esters is 3. The molecule has 0 unspecified atom stereocenters. The van der Waals surface area contributed by atoms with Crippen molar-refractivity contribution >= 4 is 17.9 Å². The second kappa shape index (κ2) is 11.3. The Hall–Kier alpha value is -1.85. The highest BCUT2D eigenvalue weighted by atomic mass is 16.6. The maximum absolute atomic E-state index is 11.1. The Kier molecular flexibility index (Phi) is 10.2. The molecule has 19 heavy (non-hydrogen) atoms. The molecule has 0 bridgehead atoms. The second-order valence-electron chi connectivity index (χ2n) is 3.68. The molecule has 0 heterocycles. The Morgan fingerprint density at radius 3 is 2.05 bits per heavy atom. The fourth-order valence-electron chi connectivity index (χ4n) is 0.937. The molecule has 0 N–H and O–H groups in total. The van der Waals surface area contributed by atoms with E-state index in [0.29, 0.717) is 19.6 Å². The minimum atomic E-state index is -0.791. The highest BCUT2D eigenvalue weighted by Crippen LogP contribution is 1.91. The van der Waals surface area contributed by atoms with Gasteiger partial charge in [-0.1, -0.05) is 20.3 Å². The molecule has 0 aliphatic heterocycles. The molecule has 0 spiro atoms. The van der Waals surface area contributed by atoms with Gasteiger partial charge in [-0.3, -0.25) is 0 Å². The van der Waals surface area contributed by atoms with E-state index in [1.807, 2.05) is 13.8 Å². The summed E-state index contributed by atoms with van der Waals surface area (Å²) in [5, 5.41) is 0. The number of unbranched alkanes of at least 4 members (excludes halogenated alkanes) is 1. The van der Waals surface area contributed by atoms with E-state index < -0.39 is 24.5 Å². The number of hydrogen-bond acceptors (Lipinski definition) is 6. The molecular formula is C13H20O6. The first-order chi connectivity index (χ1) is 9.10. The van der Waals surface area contributed by atoms with E-state index in [0.717, 1.165) is 25.0 Å². The highest BCUT2D eigenvalue weighted by Gasteiger charge is 2.06. The molecule has 108 valence electrons. The molecule has 0 amide bonds. The SMILES string of the molecule is CCCCOC(=O)COC(=O)/C=C\C(=O)OCCC. The van der Waals surface area contributed by atoms with E-state index >= 15 is 0 Å². The minimum Gasteiger partial charge on any atom is -0.463 e. The smallest absolute Gasteiger partial charge is 0.344 e. The van der Waals surface area contributed by atoms with E-state index in [2.05, 4.69) is 4.74 Å². The standard InChI is InChI=1S/C13H20O6/c1-3-5-9-18-13(16)10-19-12(15)7-6-11(14)17-8-4-2/h6-7H,3-5,8-10H2,1-2H3/b7-6-. The van der Waals surface area contributed by atoms with Gasteiger partial charge >= 0.3 is 17.9 Å². The zero-order valence-electron chi connectivity index (χ0n) is 11.3. The van der Waals surface area contributed by atoms with Crippen molar-refractivity contribution in [3.05, 3.63) is 12.2 Å². The van der Waals surface area contributed by atoms with Crippen molar-refractivity contribution in [2.75, 3.05) is 19.8 Å². The summed E-state index contributed by atoms with van der Waals surface area (Å²) in [7, 11) is 0. The van der Waals surface area contributed by atoms with Gasteiger partial charge < -0.3 is 14.2 Å². The fraction of sp³-hybridized carbons (Fsp3) is 0.615. The van der Waals surface area contributed by atoms with E-state index in [-0.39, 0.29) is 0 Å². The Bertz CT molecular complexity index is 321. The average Bonchev–Trinajstić information content (AvgIpc) is 2.40. The number of ether oxygens (including phenoxy) is 3. The van der Waals surface area contributed by atoms with E-state index in [1.165, 1.54) is 0 Å². The first-order valence-corrected chi connectivity index (χ1v) is 6.27. The quantitative estimate of drug-likeness (QED) is 0.273. The molecule has 0 aromatic rings. The summed E-state index contributed by atoms with van der Waals surface area (Å²) in [6, 6.07) is 0. The maximum Gasteiger partial charge on any atom is 0.344 e. The van der Waals surface area contributed by atoms with Gasteiger partial charge in [0.2, 0.25) is 0 Å². The van der Waals surface area contributed by atoms with Crippen molar-refractivity contribution in [1.82, 2.24) is 0 Å². The minimum absolute atomic E-state index is 0.294. The molecule has 0 aliphatic carbocycles. The van der Waals surface area contributed by atoms with Crippen molar-refractivity contribution in [1.29, 1.82) is 0 Å². The molecule has 6 heteroatoms. The van der Waals surface area contributed by atoms with Crippen molar-refractivity contribution in [2.45, 2.75) is 33.1 Å². The van der Waals surface area contributed by atoms with Gasteiger partial charge in [0.1, 0.15) is 0 Å². The van der Waals surface area contributed by atoms with Crippen molar-refractivity contribution in [3.63, 3.8) is 0 Å². The van der Waals surface area contributed by atoms with E-state index in [4.69, 9.17) is 9.47 Å². The van der Waals surface area contributed by atoms with Crippen LogP contribution in [-0.2, 0) is 28.6 Å². The van der Waals surface area contributed by atoms with Crippen LogP contribution >= 0.6 is 0 Å². The van der Waals surface area contributed by atoms with Crippen LogP contribution in [0.25, 0.3) is 0 Å². The monoisotopic (exact) mass is 272 g/mol. The van der Waals surface area contributed by atoms with Gasteiger partial charge in [0, 0.05) is 12.2 Å². The summed E-state index contributed by atoms with van der Waals surface area (Å²) in [5.74, 6) is -2.02. The second-order valence-corrected chi connectivity index (χ2v) is 3.68. The molecular weight excluding hydrogens is 252 g/mol. The fourth-order valence-corrected chi connectivity index (χ4v) is 0.937. The number of carbonyl (C=O) groups excluding carboxylic acids is 3. The van der Waals surface area contributed by atoms with Crippen LogP contribution in [0.5, 0.6) is 0 Å². The van der Waals surface area contributed by atoms with Crippen LogP contribution in [0, 0.1) is 0 Å². The lowest BCUT2D eigenvalue weighted by atomic mass is 10.4. The van der Waals surface area contributed by atoms with Crippen molar-refractivity contribution in [2.24, 2.45) is 0 Å². The zero-order chi connectivity index (χ0) is 14.5. The van der Waals surface area contributed by atoms with Gasteiger partial charge in [-0.2, -0.15) is 0 Å². The first kappa shape index (κ1) is 17.2. The van der Waals surface area contributed by atoms with E-state index in [9.17, 15) is 14.4 Å². The third-order valence-electron chi connectivity index (χ3n) is 1.90. The molecule has 0 aromatic carbocycles. The van der Waals surface area contributed by atoms with Crippen LogP contribution in [-0.4, -0.2) is 37.7 Å². The third-order valence-corrected chi connectivity index (χ3v) is 1.90. The van der Waals surface area contributed by atoms with Crippen LogP contribution in [0.3, 0.4) is 0 Å². The van der Waals surface area contributed by atoms with E-state index in [1.54, 1.807) is 0 Å². The topological polar surface area (TPSA) is 78.9 Å². The number of hydrogen-bond donors (Lipinski definition) is 0. The van der Waals surface area contributed by atoms with Crippen LogP contribution in [0.1, 0.15) is 33.1 Å². The Morgan fingerprint density at radius 1 is 0.842 bits per heavy atom. The summed E-state index contributed by atoms with van der Waals surface area (Å²) >= 11 is 0. The summed E-state index contributed by atoms with van der Waals surface area (Å²) < 4.78 is 14.1. The Labute approximate surface area is 112 Å². The molecule has 0 rings (SSSR count). The molecule has 0 aliphatic rings. The summed E-state index contributed by atoms with van der Waals surface area (Å²) in [6.45, 7) is 3.97. The molecule has 0 saturated heterocycles. The number of rotatable bonds is 9. The Balaban J connectivity index is 3.76. The lowest BCUT2D eigenvalue weighted by Crippen LogP contribution is -2.16. The van der Waals surface area contributed by atoms with Gasteiger partial charge in [0.05, 0.1) is 13.2 Å². The maximum atomic E-state index is 11.1. The van der Waals surface area contributed by atoms with Gasteiger partial charge in [0.15, 0.2) is 6.61 Å². The zero-order valence-corrected chi connectivity index (χ0v) is 11.3. The average molecular weight is 272 g/mol. The summed E-state index contributed by atoms with van der Waals surface area (Å²) in [4.78, 5) is 33.2. The predicted molar refractivity (Wildman–Crippen MR) is 67.2 cm³/mol. The largest absolute Gasteiger partial charge is 0.463 e. The van der Waals surface area contributed by atoms with Crippen molar-refractivity contribution in [3.8, 4) is 0 Å². The summed E-state index contributed by atoms with van der Waals surface area (Å²) in [6.07, 6.45) is 4.25. The van der Waals surface area contributed by atoms with Gasteiger partial charge in [-0.05, 0) is 12.8 Å². The lowest BCUT2D eigenvalue weighted by molar-refractivity contribution is -0.156. The van der Waals surface area contributed by atoms with Crippen LogP contribution < -0.4 is 0 Å². The van der Waals surface area contributed by atoms with Crippen LogP contribution in [0.4, 0.5) is 0 Å². The molecule has 0 fully saturated rings. The number of carbonyl (C=O) groups is 3. The van der Waals surface area contributed by atoms with Crippen LogP contribution in [0.2, 0.25) is 0 Å². The van der Waals surface area contributed by atoms with Crippen LogP contribution in [0.15, 0.2) is 12.2 Å². The predicted octanol–water partition coefficient (Wildman–Crippen LogP) is 1.38. The third kappa shape index (κ3) is 11.0. The molecule has 6 nitrogen and oxygen atoms in total. The summed E-state index contributed by atoms with van der Waals surface area (Å²) in [5.41, 5.74) is 0. The lowest BCUT2D eigenvalue weighted by Gasteiger charge is -2.03. The molecule has 0 saturated carbocycles. The highest BCUT2D eigenvalue weighted by molar-refractivity contribution is 5.92. The molecule has 0 aromatic heterocycles. The normalized spacial score (nSPS) is 10.2. The Morgan fingerprint density at radius 2 is 1.47 bits per heavy atom. The molecule has 0 atom stereocenters. The first-order valence-electron chi connectivity index (χ1n) is 6.27. The van der Waals surface area contributed by atoms with Gasteiger partial charge in [0.25, 0.3) is 0 Å².